The first-order valence-corrected chi connectivity index (χ1v) is 6.51. The molecule has 1 aromatic carbocycles. The summed E-state index contributed by atoms with van der Waals surface area (Å²) in [5.41, 5.74) is 7.28. The molecule has 0 aromatic heterocycles. The normalized spacial score (nSPS) is 30.8. The molecule has 4 nitrogen and oxygen atoms in total. The lowest BCUT2D eigenvalue weighted by Gasteiger charge is -2.31. The van der Waals surface area contributed by atoms with Gasteiger partial charge in [0, 0.05) is 18.1 Å². The summed E-state index contributed by atoms with van der Waals surface area (Å²) in [6.45, 7) is 2.90. The van der Waals surface area contributed by atoms with Crippen molar-refractivity contribution < 1.29 is 14.2 Å². The molecule has 98 valence electrons. The molecule has 2 N–H and O–H groups in total. The highest BCUT2D eigenvalue weighted by Gasteiger charge is 2.29. The Labute approximate surface area is 107 Å². The summed E-state index contributed by atoms with van der Waals surface area (Å²) >= 11 is 0. The third-order valence-corrected chi connectivity index (χ3v) is 3.65. The highest BCUT2D eigenvalue weighted by Crippen LogP contribution is 2.31. The van der Waals surface area contributed by atoms with Crippen molar-refractivity contribution in [3.05, 3.63) is 29.8 Å². The number of rotatable bonds is 3. The first-order chi connectivity index (χ1) is 8.84. The predicted molar refractivity (Wildman–Crippen MR) is 67.5 cm³/mol. The number of nitrogens with two attached hydrogens (primary N) is 1. The van der Waals surface area contributed by atoms with Crippen molar-refractivity contribution in [1.82, 2.24) is 0 Å². The molecule has 0 aliphatic carbocycles. The predicted octanol–water partition coefficient (Wildman–Crippen LogP) is 1.50. The molecule has 2 aliphatic heterocycles. The average molecular weight is 249 g/mol. The van der Waals surface area contributed by atoms with E-state index in [1.807, 2.05) is 24.3 Å². The molecule has 0 radical (unpaired) electrons. The van der Waals surface area contributed by atoms with Crippen molar-refractivity contribution in [3.8, 4) is 5.75 Å². The molecule has 2 aliphatic rings. The van der Waals surface area contributed by atoms with Gasteiger partial charge in [-0.1, -0.05) is 18.2 Å². The zero-order valence-corrected chi connectivity index (χ0v) is 10.4. The van der Waals surface area contributed by atoms with E-state index in [-0.39, 0.29) is 12.1 Å². The van der Waals surface area contributed by atoms with Crippen molar-refractivity contribution in [2.45, 2.75) is 18.6 Å². The summed E-state index contributed by atoms with van der Waals surface area (Å²) in [7, 11) is 0. The van der Waals surface area contributed by atoms with Gasteiger partial charge in [0.2, 0.25) is 0 Å². The summed E-state index contributed by atoms with van der Waals surface area (Å²) in [6.07, 6.45) is 1.03. The molecule has 2 heterocycles. The summed E-state index contributed by atoms with van der Waals surface area (Å²) in [6, 6.07) is 7.81. The fourth-order valence-corrected chi connectivity index (χ4v) is 2.49. The molecule has 1 fully saturated rings. The molecular weight excluding hydrogens is 230 g/mol. The minimum Gasteiger partial charge on any atom is -0.490 e. The average Bonchev–Trinajstić information content (AvgIpc) is 2.91. The topological polar surface area (TPSA) is 53.7 Å². The van der Waals surface area contributed by atoms with E-state index in [0.717, 1.165) is 30.9 Å². The Morgan fingerprint density at radius 2 is 2.17 bits per heavy atom. The summed E-state index contributed by atoms with van der Waals surface area (Å²) in [4.78, 5) is 0. The zero-order valence-electron chi connectivity index (χ0n) is 10.4. The fraction of sp³-hybridized carbons (Fsp3) is 0.571. The first-order valence-electron chi connectivity index (χ1n) is 6.51. The van der Waals surface area contributed by atoms with Crippen LogP contribution in [-0.2, 0) is 9.47 Å². The van der Waals surface area contributed by atoms with E-state index in [9.17, 15) is 0 Å². The second kappa shape index (κ2) is 5.26. The van der Waals surface area contributed by atoms with Crippen molar-refractivity contribution >= 4 is 0 Å². The fourth-order valence-electron chi connectivity index (χ4n) is 2.49. The summed E-state index contributed by atoms with van der Waals surface area (Å²) in [5, 5.41) is 0. The van der Waals surface area contributed by atoms with E-state index in [1.165, 1.54) is 0 Å². The van der Waals surface area contributed by atoms with E-state index in [4.69, 9.17) is 19.9 Å². The largest absolute Gasteiger partial charge is 0.490 e. The van der Waals surface area contributed by atoms with Crippen LogP contribution in [0.4, 0.5) is 0 Å². The second-order valence-corrected chi connectivity index (χ2v) is 4.98. The molecule has 0 bridgehead atoms. The van der Waals surface area contributed by atoms with E-state index in [2.05, 4.69) is 0 Å². The third kappa shape index (κ3) is 2.36. The van der Waals surface area contributed by atoms with Gasteiger partial charge in [-0.3, -0.25) is 0 Å². The summed E-state index contributed by atoms with van der Waals surface area (Å²) < 4.78 is 16.9. The van der Waals surface area contributed by atoms with Gasteiger partial charge in [-0.05, 0) is 12.5 Å². The number of fused-ring (bicyclic) bond motifs is 1. The van der Waals surface area contributed by atoms with Crippen LogP contribution in [0, 0.1) is 5.92 Å². The minimum atomic E-state index is -0.0997. The number of benzene rings is 1. The first kappa shape index (κ1) is 12.0. The Balaban J connectivity index is 1.61. The van der Waals surface area contributed by atoms with E-state index in [1.54, 1.807) is 0 Å². The van der Waals surface area contributed by atoms with Crippen LogP contribution in [0.3, 0.4) is 0 Å². The van der Waals surface area contributed by atoms with E-state index < -0.39 is 0 Å². The monoisotopic (exact) mass is 249 g/mol. The third-order valence-electron chi connectivity index (χ3n) is 3.65. The lowest BCUT2D eigenvalue weighted by Crippen LogP contribution is -2.39. The lowest BCUT2D eigenvalue weighted by molar-refractivity contribution is -0.0233. The van der Waals surface area contributed by atoms with Gasteiger partial charge in [0.15, 0.2) is 0 Å². The Morgan fingerprint density at radius 3 is 3.00 bits per heavy atom. The zero-order chi connectivity index (χ0) is 12.4. The van der Waals surface area contributed by atoms with Crippen LogP contribution in [0.15, 0.2) is 24.3 Å². The van der Waals surface area contributed by atoms with Crippen LogP contribution in [-0.4, -0.2) is 32.5 Å². The van der Waals surface area contributed by atoms with Crippen LogP contribution >= 0.6 is 0 Å². The van der Waals surface area contributed by atoms with Gasteiger partial charge in [-0.15, -0.1) is 0 Å². The molecule has 1 saturated heterocycles. The van der Waals surface area contributed by atoms with Gasteiger partial charge in [-0.25, -0.2) is 0 Å². The van der Waals surface area contributed by atoms with Gasteiger partial charge in [-0.2, -0.15) is 0 Å². The quantitative estimate of drug-likeness (QED) is 0.882. The number of para-hydroxylation sites is 1. The molecule has 0 saturated carbocycles. The molecule has 3 rings (SSSR count). The Kier molecular flexibility index (Phi) is 3.50. The van der Waals surface area contributed by atoms with Crippen molar-refractivity contribution in [1.29, 1.82) is 0 Å². The smallest absolute Gasteiger partial charge is 0.124 e. The van der Waals surface area contributed by atoms with Crippen LogP contribution in [0.25, 0.3) is 0 Å². The highest BCUT2D eigenvalue weighted by atomic mass is 16.5. The number of hydrogen-bond acceptors (Lipinski definition) is 4. The minimum absolute atomic E-state index is 0.0551. The standard InChI is InChI=1S/C14H19NO3/c15-14-11-3-1-2-4-12(11)18-9-13(14)17-8-10-5-6-16-7-10/h1-4,10,13-14H,5-9,15H2/t10?,13-,14-/m0/s1. The highest BCUT2D eigenvalue weighted by molar-refractivity contribution is 5.38. The SMILES string of the molecule is N[C@H]1c2ccccc2OC[C@@H]1OCC1CCOC1. The Bertz CT molecular complexity index is 404. The number of hydrogen-bond donors (Lipinski definition) is 1. The lowest BCUT2D eigenvalue weighted by atomic mass is 9.99. The van der Waals surface area contributed by atoms with Crippen molar-refractivity contribution in [2.24, 2.45) is 11.7 Å². The maximum atomic E-state index is 6.24. The molecule has 3 atom stereocenters. The van der Waals surface area contributed by atoms with E-state index >= 15 is 0 Å². The van der Waals surface area contributed by atoms with Gasteiger partial charge in [0.25, 0.3) is 0 Å². The molecule has 0 spiro atoms. The van der Waals surface area contributed by atoms with Crippen LogP contribution in [0.2, 0.25) is 0 Å². The van der Waals surface area contributed by atoms with Crippen molar-refractivity contribution in [2.75, 3.05) is 26.4 Å². The number of ether oxygens (including phenoxy) is 3. The molecule has 1 aromatic rings. The van der Waals surface area contributed by atoms with E-state index in [0.29, 0.717) is 19.1 Å². The van der Waals surface area contributed by atoms with Crippen molar-refractivity contribution in [3.63, 3.8) is 0 Å². The molecule has 4 heteroatoms. The van der Waals surface area contributed by atoms with Gasteiger partial charge >= 0.3 is 0 Å². The summed E-state index contributed by atoms with van der Waals surface area (Å²) in [5.74, 6) is 1.39. The maximum absolute atomic E-state index is 6.24. The van der Waals surface area contributed by atoms with Crippen LogP contribution < -0.4 is 10.5 Å². The molecule has 18 heavy (non-hydrogen) atoms. The van der Waals surface area contributed by atoms with Gasteiger partial charge < -0.3 is 19.9 Å². The maximum Gasteiger partial charge on any atom is 0.124 e. The molecular formula is C14H19NO3. The Hall–Kier alpha value is -1.10. The van der Waals surface area contributed by atoms with Crippen LogP contribution in [0.1, 0.15) is 18.0 Å². The molecule has 0 amide bonds. The molecule has 1 unspecified atom stereocenters. The Morgan fingerprint density at radius 1 is 1.28 bits per heavy atom. The van der Waals surface area contributed by atoms with Gasteiger partial charge in [0.05, 0.1) is 19.3 Å². The second-order valence-electron chi connectivity index (χ2n) is 4.98. The van der Waals surface area contributed by atoms with Crippen LogP contribution in [0.5, 0.6) is 5.75 Å². The van der Waals surface area contributed by atoms with Gasteiger partial charge in [0.1, 0.15) is 18.5 Å².